The number of benzene rings is 1. The number of aliphatic hydroxyl groups is 1. The van der Waals surface area contributed by atoms with Gasteiger partial charge in [0.2, 0.25) is 0 Å². The molecule has 0 radical (unpaired) electrons. The van der Waals surface area contributed by atoms with Gasteiger partial charge in [-0.15, -0.1) is 0 Å². The van der Waals surface area contributed by atoms with Crippen molar-refractivity contribution in [3.63, 3.8) is 0 Å². The first-order valence-electron chi connectivity index (χ1n) is 11.4. The lowest BCUT2D eigenvalue weighted by Gasteiger charge is -2.41. The molecule has 2 aromatic rings. The van der Waals surface area contributed by atoms with Gasteiger partial charge < -0.3 is 19.5 Å². The number of carbonyl (C=O) groups is 1. The number of hydrogen-bond donors (Lipinski definition) is 2. The number of hydrogen-bond acceptors (Lipinski definition) is 5. The van der Waals surface area contributed by atoms with E-state index in [2.05, 4.69) is 40.5 Å². The van der Waals surface area contributed by atoms with E-state index in [0.717, 1.165) is 49.8 Å². The quantitative estimate of drug-likeness (QED) is 0.729. The Morgan fingerprint density at radius 1 is 1.19 bits per heavy atom. The maximum absolute atomic E-state index is 12.5. The molecule has 0 spiro atoms. The fourth-order valence-electron chi connectivity index (χ4n) is 5.23. The van der Waals surface area contributed by atoms with Gasteiger partial charge in [-0.1, -0.05) is 30.3 Å². The summed E-state index contributed by atoms with van der Waals surface area (Å²) in [4.78, 5) is 14.3. The lowest BCUT2D eigenvalue weighted by atomic mass is 9.82. The molecule has 1 aromatic carbocycles. The molecular weight excluding hydrogens is 394 g/mol. The number of methoxy groups -OCH3 is 1. The number of rotatable bonds is 6. The van der Waals surface area contributed by atoms with Crippen LogP contribution in [0.1, 0.15) is 67.2 Å². The number of aliphatic hydroxyl groups excluding tert-OH is 1. The highest BCUT2D eigenvalue weighted by Crippen LogP contribution is 2.37. The molecule has 2 fully saturated rings. The first-order valence-corrected chi connectivity index (χ1v) is 11.4. The van der Waals surface area contributed by atoms with Crippen LogP contribution >= 0.6 is 0 Å². The molecule has 1 amide bonds. The van der Waals surface area contributed by atoms with E-state index < -0.39 is 0 Å². The van der Waals surface area contributed by atoms with Gasteiger partial charge >= 0.3 is 6.09 Å². The van der Waals surface area contributed by atoms with Crippen molar-refractivity contribution in [1.29, 1.82) is 0 Å². The van der Waals surface area contributed by atoms with Gasteiger partial charge in [-0.3, -0.25) is 5.10 Å². The summed E-state index contributed by atoms with van der Waals surface area (Å²) in [6.45, 7) is 1.04. The minimum atomic E-state index is -0.323. The van der Waals surface area contributed by atoms with E-state index in [4.69, 9.17) is 9.47 Å². The third-order valence-electron chi connectivity index (χ3n) is 6.93. The molecule has 2 atom stereocenters. The van der Waals surface area contributed by atoms with Crippen LogP contribution in [0.5, 0.6) is 0 Å². The van der Waals surface area contributed by atoms with Crippen molar-refractivity contribution in [1.82, 2.24) is 15.1 Å². The van der Waals surface area contributed by atoms with Crippen LogP contribution in [0.3, 0.4) is 0 Å². The van der Waals surface area contributed by atoms with Crippen LogP contribution in [0, 0.1) is 0 Å². The largest absolute Gasteiger partial charge is 0.453 e. The van der Waals surface area contributed by atoms with Crippen LogP contribution in [-0.4, -0.2) is 58.7 Å². The Bertz CT molecular complexity index is 832. The normalized spacial score (nSPS) is 26.6. The van der Waals surface area contributed by atoms with E-state index in [0.29, 0.717) is 19.1 Å². The second kappa shape index (κ2) is 10.3. The Kier molecular flexibility index (Phi) is 7.25. The monoisotopic (exact) mass is 427 g/mol. The van der Waals surface area contributed by atoms with Crippen molar-refractivity contribution in [2.45, 2.75) is 69.1 Å². The Hall–Kier alpha value is -2.38. The predicted molar refractivity (Wildman–Crippen MR) is 117 cm³/mol. The summed E-state index contributed by atoms with van der Waals surface area (Å²) in [5, 5.41) is 16.9. The van der Waals surface area contributed by atoms with E-state index in [1.165, 1.54) is 12.7 Å². The topological polar surface area (TPSA) is 87.7 Å². The molecule has 7 nitrogen and oxygen atoms in total. The maximum Gasteiger partial charge on any atom is 0.409 e. The van der Waals surface area contributed by atoms with Crippen LogP contribution in [0.15, 0.2) is 36.5 Å². The minimum absolute atomic E-state index is 0.0400. The van der Waals surface area contributed by atoms with Crippen molar-refractivity contribution >= 4 is 6.09 Å². The molecule has 7 heteroatoms. The standard InChI is InChI=1S/C24H33N3O4/c1-30-24(29)27-13-5-8-21(23-19(15-28)14-25-26-23)22(27)16-31-20-11-9-18(10-12-20)17-6-3-2-4-7-17/h2-4,6-7,14,18,20-22,28H,5,8-13,15-16H2,1H3,(H,25,26)/t18?,20?,21?,22-/m1/s1. The molecule has 4 rings (SSSR count). The molecule has 168 valence electrons. The predicted octanol–water partition coefficient (Wildman–Crippen LogP) is 3.96. The van der Waals surface area contributed by atoms with Crippen LogP contribution in [0.2, 0.25) is 0 Å². The van der Waals surface area contributed by atoms with E-state index >= 15 is 0 Å². The van der Waals surface area contributed by atoms with Gasteiger partial charge in [0.05, 0.1) is 38.7 Å². The Labute approximate surface area is 183 Å². The molecular formula is C24H33N3O4. The lowest BCUT2D eigenvalue weighted by molar-refractivity contribution is -0.0243. The Balaban J connectivity index is 1.41. The fraction of sp³-hybridized carbons (Fsp3) is 0.583. The number of piperidine rings is 1. The number of carbonyl (C=O) groups excluding carboxylic acids is 1. The van der Waals surface area contributed by atoms with Gasteiger partial charge in [-0.05, 0) is 50.0 Å². The molecule has 1 saturated heterocycles. The zero-order valence-corrected chi connectivity index (χ0v) is 18.2. The van der Waals surface area contributed by atoms with E-state index in [1.54, 1.807) is 11.1 Å². The molecule has 0 bridgehead atoms. The average Bonchev–Trinajstić information content (AvgIpc) is 3.31. The van der Waals surface area contributed by atoms with Gasteiger partial charge in [-0.2, -0.15) is 5.10 Å². The SMILES string of the molecule is COC(=O)N1CCCC(c2[nH]ncc2CO)[C@H]1COC1CCC(c2ccccc2)CC1. The first kappa shape index (κ1) is 21.8. The lowest BCUT2D eigenvalue weighted by Crippen LogP contribution is -2.50. The van der Waals surface area contributed by atoms with Gasteiger partial charge in [0, 0.05) is 23.7 Å². The van der Waals surface area contributed by atoms with Gasteiger partial charge in [0.25, 0.3) is 0 Å². The summed E-state index contributed by atoms with van der Waals surface area (Å²) in [5.74, 6) is 0.644. The number of aromatic nitrogens is 2. The number of aromatic amines is 1. The molecule has 1 aliphatic heterocycles. The number of ether oxygens (including phenoxy) is 2. The van der Waals surface area contributed by atoms with Crippen LogP contribution < -0.4 is 0 Å². The van der Waals surface area contributed by atoms with Crippen LogP contribution in [-0.2, 0) is 16.1 Å². The minimum Gasteiger partial charge on any atom is -0.453 e. The zero-order valence-electron chi connectivity index (χ0n) is 18.2. The third kappa shape index (κ3) is 4.93. The third-order valence-corrected chi connectivity index (χ3v) is 6.93. The Morgan fingerprint density at radius 3 is 2.68 bits per heavy atom. The summed E-state index contributed by atoms with van der Waals surface area (Å²) in [6.07, 6.45) is 7.64. The summed E-state index contributed by atoms with van der Waals surface area (Å²) in [6, 6.07) is 10.6. The number of amides is 1. The second-order valence-corrected chi connectivity index (χ2v) is 8.66. The number of H-pyrrole nitrogens is 1. The van der Waals surface area contributed by atoms with Crippen LogP contribution in [0.25, 0.3) is 0 Å². The maximum atomic E-state index is 12.5. The van der Waals surface area contributed by atoms with Crippen molar-refractivity contribution in [2.75, 3.05) is 20.3 Å². The summed E-state index contributed by atoms with van der Waals surface area (Å²) in [5.41, 5.74) is 3.10. The summed E-state index contributed by atoms with van der Waals surface area (Å²) < 4.78 is 11.4. The molecule has 1 saturated carbocycles. The van der Waals surface area contributed by atoms with Crippen LogP contribution in [0.4, 0.5) is 4.79 Å². The van der Waals surface area contributed by atoms with E-state index in [1.807, 2.05) is 0 Å². The fourth-order valence-corrected chi connectivity index (χ4v) is 5.23. The molecule has 2 aliphatic rings. The van der Waals surface area contributed by atoms with E-state index in [9.17, 15) is 9.90 Å². The molecule has 31 heavy (non-hydrogen) atoms. The number of nitrogens with one attached hydrogen (secondary N) is 1. The Morgan fingerprint density at radius 2 is 1.97 bits per heavy atom. The number of likely N-dealkylation sites (tertiary alicyclic amines) is 1. The summed E-state index contributed by atoms with van der Waals surface area (Å²) in [7, 11) is 1.42. The van der Waals surface area contributed by atoms with Crippen molar-refractivity contribution in [3.8, 4) is 0 Å². The van der Waals surface area contributed by atoms with Gasteiger partial charge in [-0.25, -0.2) is 4.79 Å². The summed E-state index contributed by atoms with van der Waals surface area (Å²) >= 11 is 0. The number of nitrogens with zero attached hydrogens (tertiary/aromatic N) is 2. The molecule has 1 aliphatic carbocycles. The first-order chi connectivity index (χ1) is 15.2. The van der Waals surface area contributed by atoms with Crippen molar-refractivity contribution in [3.05, 3.63) is 53.3 Å². The molecule has 2 N–H and O–H groups in total. The van der Waals surface area contributed by atoms with E-state index in [-0.39, 0.29) is 30.8 Å². The second-order valence-electron chi connectivity index (χ2n) is 8.66. The average molecular weight is 428 g/mol. The molecule has 1 unspecified atom stereocenters. The highest BCUT2D eigenvalue weighted by molar-refractivity contribution is 5.68. The molecule has 1 aromatic heterocycles. The van der Waals surface area contributed by atoms with Gasteiger partial charge in [0.1, 0.15) is 0 Å². The molecule has 2 heterocycles. The highest BCUT2D eigenvalue weighted by atomic mass is 16.5. The highest BCUT2D eigenvalue weighted by Gasteiger charge is 2.38. The van der Waals surface area contributed by atoms with Crippen molar-refractivity contribution < 1.29 is 19.4 Å². The zero-order chi connectivity index (χ0) is 21.6. The smallest absolute Gasteiger partial charge is 0.409 e. The van der Waals surface area contributed by atoms with Crippen molar-refractivity contribution in [2.24, 2.45) is 0 Å². The van der Waals surface area contributed by atoms with Gasteiger partial charge in [0.15, 0.2) is 0 Å².